The molecule has 0 saturated heterocycles. The van der Waals surface area contributed by atoms with Gasteiger partial charge in [-0.2, -0.15) is 13.2 Å². The highest BCUT2D eigenvalue weighted by Crippen LogP contribution is 2.37. The Hall–Kier alpha value is -3.04. The quantitative estimate of drug-likeness (QED) is 0.347. The van der Waals surface area contributed by atoms with Crippen molar-refractivity contribution in [2.45, 2.75) is 30.8 Å². The van der Waals surface area contributed by atoms with Gasteiger partial charge in [-0.05, 0) is 48.2 Å². The lowest BCUT2D eigenvalue weighted by Gasteiger charge is -2.26. The van der Waals surface area contributed by atoms with Gasteiger partial charge in [0.25, 0.3) is 10.0 Å². The van der Waals surface area contributed by atoms with Crippen molar-refractivity contribution < 1.29 is 26.4 Å². The summed E-state index contributed by atoms with van der Waals surface area (Å²) in [6.45, 7) is 1.52. The van der Waals surface area contributed by atoms with Gasteiger partial charge in [0.05, 0.1) is 21.2 Å². The number of halogens is 4. The summed E-state index contributed by atoms with van der Waals surface area (Å²) >= 11 is 6.15. The minimum Gasteiger partial charge on any atom is -0.354 e. The van der Waals surface area contributed by atoms with E-state index in [1.165, 1.54) is 24.3 Å². The van der Waals surface area contributed by atoms with E-state index in [0.717, 1.165) is 24.1 Å². The molecule has 1 amide bonds. The van der Waals surface area contributed by atoms with Crippen LogP contribution in [0, 0.1) is 5.92 Å². The Bertz CT molecular complexity index is 1270. The van der Waals surface area contributed by atoms with Crippen molar-refractivity contribution in [3.63, 3.8) is 0 Å². The number of carbonyl (C=O) groups is 1. The van der Waals surface area contributed by atoms with Crippen LogP contribution in [0.5, 0.6) is 0 Å². The number of sulfonamides is 1. The molecule has 0 heterocycles. The maximum absolute atomic E-state index is 13.4. The van der Waals surface area contributed by atoms with Gasteiger partial charge in [0.2, 0.25) is 5.91 Å². The normalized spacial score (nSPS) is 12.7. The van der Waals surface area contributed by atoms with Gasteiger partial charge < -0.3 is 5.32 Å². The van der Waals surface area contributed by atoms with Crippen molar-refractivity contribution in [1.82, 2.24) is 5.32 Å². The zero-order valence-electron chi connectivity index (χ0n) is 19.5. The van der Waals surface area contributed by atoms with E-state index in [9.17, 15) is 26.4 Å². The van der Waals surface area contributed by atoms with E-state index in [4.69, 9.17) is 11.6 Å². The van der Waals surface area contributed by atoms with Crippen molar-refractivity contribution in [2.75, 3.05) is 17.4 Å². The third-order valence-corrected chi connectivity index (χ3v) is 7.79. The Morgan fingerprint density at radius 1 is 1.00 bits per heavy atom. The first kappa shape index (κ1) is 27.5. The number of hydrogen-bond acceptors (Lipinski definition) is 3. The Balaban J connectivity index is 1.88. The number of benzene rings is 3. The molecule has 5 nitrogen and oxygen atoms in total. The smallest absolute Gasteiger partial charge is 0.354 e. The lowest BCUT2D eigenvalue weighted by atomic mass is 9.97. The molecule has 3 aromatic carbocycles. The fourth-order valence-corrected chi connectivity index (χ4v) is 5.37. The minimum atomic E-state index is -4.73. The Kier molecular flexibility index (Phi) is 9.03. The molecule has 192 valence electrons. The molecular formula is C26H26ClF3N2O3S. The summed E-state index contributed by atoms with van der Waals surface area (Å²) in [6.07, 6.45) is -3.25. The summed E-state index contributed by atoms with van der Waals surface area (Å²) in [6, 6.07) is 19.2. The predicted octanol–water partition coefficient (Wildman–Crippen LogP) is 5.94. The monoisotopic (exact) mass is 538 g/mol. The summed E-state index contributed by atoms with van der Waals surface area (Å²) in [7, 11) is -4.41. The van der Waals surface area contributed by atoms with Crippen LogP contribution in [0.2, 0.25) is 5.02 Å². The molecule has 0 radical (unpaired) electrons. The zero-order chi connectivity index (χ0) is 26.3. The third-order valence-electron chi connectivity index (χ3n) is 5.69. The molecule has 1 N–H and O–H groups in total. The van der Waals surface area contributed by atoms with E-state index in [1.54, 1.807) is 6.07 Å². The van der Waals surface area contributed by atoms with Gasteiger partial charge in [0, 0.05) is 6.54 Å². The molecule has 0 aliphatic heterocycles. The molecule has 0 saturated carbocycles. The predicted molar refractivity (Wildman–Crippen MR) is 134 cm³/mol. The number of rotatable bonds is 10. The number of carbonyl (C=O) groups excluding carboxylic acids is 1. The summed E-state index contributed by atoms with van der Waals surface area (Å²) in [4.78, 5) is 12.7. The molecule has 3 aromatic rings. The van der Waals surface area contributed by atoms with Gasteiger partial charge in [0.15, 0.2) is 0 Å². The van der Waals surface area contributed by atoms with E-state index in [2.05, 4.69) is 5.32 Å². The van der Waals surface area contributed by atoms with Gasteiger partial charge in [-0.1, -0.05) is 73.5 Å². The first-order chi connectivity index (χ1) is 17.0. The average Bonchev–Trinajstić information content (AvgIpc) is 2.86. The van der Waals surface area contributed by atoms with E-state index in [-0.39, 0.29) is 22.4 Å². The van der Waals surface area contributed by atoms with E-state index in [1.807, 2.05) is 37.3 Å². The summed E-state index contributed by atoms with van der Waals surface area (Å²) < 4.78 is 67.6. The first-order valence-corrected chi connectivity index (χ1v) is 13.1. The molecule has 36 heavy (non-hydrogen) atoms. The number of hydrogen-bond donors (Lipinski definition) is 1. The molecule has 0 aliphatic rings. The number of nitrogens with zero attached hydrogens (tertiary/aromatic N) is 1. The number of amides is 1. The second-order valence-corrected chi connectivity index (χ2v) is 10.5. The Labute approximate surface area is 213 Å². The van der Waals surface area contributed by atoms with Crippen LogP contribution in [0.25, 0.3) is 0 Å². The van der Waals surface area contributed by atoms with Crippen LogP contribution in [0.1, 0.15) is 24.5 Å². The molecule has 0 spiro atoms. The summed E-state index contributed by atoms with van der Waals surface area (Å²) in [5.41, 5.74) is -0.408. The van der Waals surface area contributed by atoms with Crippen LogP contribution in [0.4, 0.5) is 18.9 Å². The van der Waals surface area contributed by atoms with Crippen molar-refractivity contribution in [3.8, 4) is 0 Å². The molecule has 0 fully saturated rings. The van der Waals surface area contributed by atoms with Gasteiger partial charge in [-0.15, -0.1) is 0 Å². The lowest BCUT2D eigenvalue weighted by Crippen LogP contribution is -2.42. The van der Waals surface area contributed by atoms with Crippen LogP contribution in [-0.4, -0.2) is 27.4 Å². The third kappa shape index (κ3) is 7.01. The minimum absolute atomic E-state index is 0.0904. The van der Waals surface area contributed by atoms with E-state index >= 15 is 0 Å². The fraction of sp³-hybridized carbons (Fsp3) is 0.269. The van der Waals surface area contributed by atoms with Gasteiger partial charge >= 0.3 is 6.18 Å². The topological polar surface area (TPSA) is 66.5 Å². The lowest BCUT2D eigenvalue weighted by molar-refractivity contribution is -0.137. The standard InChI is InChI=1S/C26H26ClF3N2O3S/c1-2-19(15-20-9-5-3-6-10-20)17-31-25(33)18-32(36(34,35)22-11-7-4-8-12-22)24-16-21(26(28,29)30)13-14-23(24)27/h3-14,16,19H,2,15,17-18H2,1H3,(H,31,33). The Morgan fingerprint density at radius 3 is 2.19 bits per heavy atom. The van der Waals surface area contributed by atoms with Crippen molar-refractivity contribution in [1.29, 1.82) is 0 Å². The van der Waals surface area contributed by atoms with Crippen LogP contribution < -0.4 is 9.62 Å². The largest absolute Gasteiger partial charge is 0.416 e. The molecule has 0 aromatic heterocycles. The van der Waals surface area contributed by atoms with Crippen LogP contribution in [0.3, 0.4) is 0 Å². The van der Waals surface area contributed by atoms with Crippen molar-refractivity contribution in [3.05, 3.63) is 95.0 Å². The van der Waals surface area contributed by atoms with E-state index in [0.29, 0.717) is 16.8 Å². The van der Waals surface area contributed by atoms with Crippen molar-refractivity contribution in [2.24, 2.45) is 5.92 Å². The maximum atomic E-state index is 13.4. The molecule has 0 aliphatic carbocycles. The highest BCUT2D eigenvalue weighted by atomic mass is 35.5. The van der Waals surface area contributed by atoms with Crippen molar-refractivity contribution >= 4 is 33.2 Å². The van der Waals surface area contributed by atoms with Gasteiger partial charge in [-0.3, -0.25) is 9.10 Å². The SMILES string of the molecule is CCC(CNC(=O)CN(c1cc(C(F)(F)F)ccc1Cl)S(=O)(=O)c1ccccc1)Cc1ccccc1. The van der Waals surface area contributed by atoms with Crippen LogP contribution in [0.15, 0.2) is 83.8 Å². The highest BCUT2D eigenvalue weighted by molar-refractivity contribution is 7.92. The first-order valence-electron chi connectivity index (χ1n) is 11.3. The molecule has 10 heteroatoms. The summed E-state index contributed by atoms with van der Waals surface area (Å²) in [5, 5.41) is 2.50. The van der Waals surface area contributed by atoms with Crippen LogP contribution >= 0.6 is 11.6 Å². The molecule has 0 bridgehead atoms. The van der Waals surface area contributed by atoms with E-state index < -0.39 is 39.9 Å². The fourth-order valence-electron chi connectivity index (χ4n) is 3.65. The van der Waals surface area contributed by atoms with Gasteiger partial charge in [0.1, 0.15) is 6.54 Å². The number of alkyl halides is 3. The second-order valence-electron chi connectivity index (χ2n) is 8.26. The van der Waals surface area contributed by atoms with Gasteiger partial charge in [-0.25, -0.2) is 8.42 Å². The molecular weight excluding hydrogens is 513 g/mol. The van der Waals surface area contributed by atoms with Crippen LogP contribution in [-0.2, 0) is 27.4 Å². The number of anilines is 1. The second kappa shape index (κ2) is 11.8. The zero-order valence-corrected chi connectivity index (χ0v) is 21.1. The molecule has 1 atom stereocenters. The Morgan fingerprint density at radius 2 is 1.61 bits per heavy atom. The maximum Gasteiger partial charge on any atom is 0.416 e. The number of nitrogens with one attached hydrogen (secondary N) is 1. The molecule has 3 rings (SSSR count). The highest BCUT2D eigenvalue weighted by Gasteiger charge is 2.34. The molecule has 1 unspecified atom stereocenters. The average molecular weight is 539 g/mol. The summed E-state index contributed by atoms with van der Waals surface area (Å²) in [5.74, 6) is -0.567.